The molecule has 1 heterocycles. The van der Waals surface area contributed by atoms with Crippen LogP contribution in [0.4, 0.5) is 16.6 Å². The lowest BCUT2D eigenvalue weighted by Gasteiger charge is -2.03. The molecule has 20 heavy (non-hydrogen) atoms. The molecule has 0 spiro atoms. The van der Waals surface area contributed by atoms with E-state index >= 15 is 0 Å². The Labute approximate surface area is 125 Å². The molecule has 1 aliphatic rings. The van der Waals surface area contributed by atoms with Gasteiger partial charge in [-0.2, -0.15) is 0 Å². The number of anilines is 3. The predicted octanol–water partition coefficient (Wildman–Crippen LogP) is 3.21. The van der Waals surface area contributed by atoms with E-state index < -0.39 is 0 Å². The molecular weight excluding hydrogens is 296 g/mol. The van der Waals surface area contributed by atoms with Gasteiger partial charge in [-0.15, -0.1) is 0 Å². The highest BCUT2D eigenvalue weighted by atomic mass is 35.5. The first-order valence-electron chi connectivity index (χ1n) is 6.21. The van der Waals surface area contributed by atoms with Gasteiger partial charge in [0.2, 0.25) is 0 Å². The summed E-state index contributed by atoms with van der Waals surface area (Å²) in [4.78, 5) is 16.7. The highest BCUT2D eigenvalue weighted by Gasteiger charge is 2.24. The molecule has 0 unspecified atom stereocenters. The lowest BCUT2D eigenvalue weighted by Crippen LogP contribution is -2.12. The molecule has 1 aromatic heterocycles. The van der Waals surface area contributed by atoms with Gasteiger partial charge in [0, 0.05) is 16.8 Å². The van der Waals surface area contributed by atoms with Crippen LogP contribution in [0.2, 0.25) is 5.02 Å². The number of hydrogen-bond donors (Lipinski definition) is 3. The molecule has 0 atom stereocenters. The van der Waals surface area contributed by atoms with Crippen molar-refractivity contribution in [3.63, 3.8) is 0 Å². The van der Waals surface area contributed by atoms with Crippen LogP contribution >= 0.6 is 22.9 Å². The number of nitrogens with zero attached hydrogens (tertiary/aromatic N) is 1. The largest absolute Gasteiger partial charge is 0.382 e. The zero-order chi connectivity index (χ0) is 14.1. The van der Waals surface area contributed by atoms with Crippen molar-refractivity contribution in [2.75, 3.05) is 16.4 Å². The van der Waals surface area contributed by atoms with Gasteiger partial charge in [0.1, 0.15) is 10.7 Å². The Balaban J connectivity index is 1.74. The van der Waals surface area contributed by atoms with Crippen molar-refractivity contribution in [1.82, 2.24) is 4.98 Å². The molecule has 0 bridgehead atoms. The SMILES string of the molecule is Nc1nc(NC2CC2)sc1C(=O)Nc1cccc(Cl)c1. The van der Waals surface area contributed by atoms with Crippen LogP contribution in [-0.4, -0.2) is 16.9 Å². The quantitative estimate of drug-likeness (QED) is 0.810. The smallest absolute Gasteiger partial charge is 0.269 e. The van der Waals surface area contributed by atoms with Crippen LogP contribution in [0.1, 0.15) is 22.5 Å². The first-order valence-corrected chi connectivity index (χ1v) is 7.41. The van der Waals surface area contributed by atoms with Gasteiger partial charge in [-0.25, -0.2) is 4.98 Å². The van der Waals surface area contributed by atoms with E-state index in [2.05, 4.69) is 15.6 Å². The van der Waals surface area contributed by atoms with E-state index in [9.17, 15) is 4.79 Å². The number of nitrogens with one attached hydrogen (secondary N) is 2. The van der Waals surface area contributed by atoms with E-state index in [0.29, 0.717) is 26.8 Å². The van der Waals surface area contributed by atoms with Gasteiger partial charge in [-0.1, -0.05) is 29.0 Å². The summed E-state index contributed by atoms with van der Waals surface area (Å²) in [5, 5.41) is 7.25. The number of halogens is 1. The summed E-state index contributed by atoms with van der Waals surface area (Å²) in [6.07, 6.45) is 2.28. The first-order chi connectivity index (χ1) is 9.61. The van der Waals surface area contributed by atoms with E-state index in [0.717, 1.165) is 12.8 Å². The molecule has 0 aliphatic heterocycles. The number of hydrogen-bond acceptors (Lipinski definition) is 5. The van der Waals surface area contributed by atoms with Crippen molar-refractivity contribution in [2.24, 2.45) is 0 Å². The molecule has 0 saturated heterocycles. The standard InChI is InChI=1S/C13H13ClN4OS/c14-7-2-1-3-9(6-7)16-12(19)10-11(15)18-13(20-10)17-8-4-5-8/h1-3,6,8H,4-5,15H2,(H,16,19)(H,17,18). The lowest BCUT2D eigenvalue weighted by atomic mass is 10.3. The molecule has 1 fully saturated rings. The first kappa shape index (κ1) is 13.2. The van der Waals surface area contributed by atoms with Crippen LogP contribution in [0.5, 0.6) is 0 Å². The number of nitrogen functional groups attached to an aromatic ring is 1. The van der Waals surface area contributed by atoms with Gasteiger partial charge in [0.25, 0.3) is 5.91 Å². The number of amides is 1. The fourth-order valence-electron chi connectivity index (χ4n) is 1.71. The molecule has 0 radical (unpaired) electrons. The van der Waals surface area contributed by atoms with Crippen LogP contribution in [-0.2, 0) is 0 Å². The minimum Gasteiger partial charge on any atom is -0.382 e. The van der Waals surface area contributed by atoms with Gasteiger partial charge in [-0.05, 0) is 31.0 Å². The molecule has 7 heteroatoms. The van der Waals surface area contributed by atoms with Crippen LogP contribution in [0, 0.1) is 0 Å². The van der Waals surface area contributed by atoms with Gasteiger partial charge >= 0.3 is 0 Å². The molecule has 2 aromatic rings. The third-order valence-corrected chi connectivity index (χ3v) is 4.08. The summed E-state index contributed by atoms with van der Waals surface area (Å²) in [6, 6.07) is 7.44. The second-order valence-corrected chi connectivity index (χ2v) is 6.05. The number of thiazole rings is 1. The average Bonchev–Trinajstić information content (AvgIpc) is 3.11. The summed E-state index contributed by atoms with van der Waals surface area (Å²) in [6.45, 7) is 0. The molecule has 1 amide bonds. The van der Waals surface area contributed by atoms with E-state index in [1.165, 1.54) is 11.3 Å². The second-order valence-electron chi connectivity index (χ2n) is 4.62. The van der Waals surface area contributed by atoms with Crippen LogP contribution in [0.3, 0.4) is 0 Å². The van der Waals surface area contributed by atoms with Crippen LogP contribution < -0.4 is 16.4 Å². The zero-order valence-electron chi connectivity index (χ0n) is 10.5. The fourth-order valence-corrected chi connectivity index (χ4v) is 2.76. The van der Waals surface area contributed by atoms with Crippen molar-refractivity contribution in [1.29, 1.82) is 0 Å². The van der Waals surface area contributed by atoms with Crippen LogP contribution in [0.15, 0.2) is 24.3 Å². The third-order valence-electron chi connectivity index (χ3n) is 2.85. The van der Waals surface area contributed by atoms with Gasteiger partial charge in [0.15, 0.2) is 5.13 Å². The molecule has 1 aliphatic carbocycles. The van der Waals surface area contributed by atoms with E-state index in [4.69, 9.17) is 17.3 Å². The van der Waals surface area contributed by atoms with Crippen LogP contribution in [0.25, 0.3) is 0 Å². The lowest BCUT2D eigenvalue weighted by molar-refractivity contribution is 0.103. The molecular formula is C13H13ClN4OS. The minimum absolute atomic E-state index is 0.248. The number of carbonyl (C=O) groups is 1. The molecule has 4 N–H and O–H groups in total. The van der Waals surface area contributed by atoms with Crippen molar-refractivity contribution in [3.05, 3.63) is 34.2 Å². The summed E-state index contributed by atoms with van der Waals surface area (Å²) < 4.78 is 0. The Morgan fingerprint density at radius 2 is 2.25 bits per heavy atom. The normalized spacial score (nSPS) is 14.1. The summed E-state index contributed by atoms with van der Waals surface area (Å²) in [7, 11) is 0. The Morgan fingerprint density at radius 1 is 1.45 bits per heavy atom. The van der Waals surface area contributed by atoms with E-state index in [1.807, 2.05) is 0 Å². The highest BCUT2D eigenvalue weighted by Crippen LogP contribution is 2.31. The number of rotatable bonds is 4. The maximum Gasteiger partial charge on any atom is 0.269 e. The number of carbonyl (C=O) groups excluding carboxylic acids is 1. The third kappa shape index (κ3) is 3.02. The van der Waals surface area contributed by atoms with Gasteiger partial charge < -0.3 is 16.4 Å². The number of nitrogens with two attached hydrogens (primary N) is 1. The number of aromatic nitrogens is 1. The van der Waals surface area contributed by atoms with E-state index in [-0.39, 0.29) is 11.7 Å². The zero-order valence-corrected chi connectivity index (χ0v) is 12.1. The Morgan fingerprint density at radius 3 is 2.95 bits per heavy atom. The van der Waals surface area contributed by atoms with Crippen molar-refractivity contribution >= 4 is 45.5 Å². The maximum absolute atomic E-state index is 12.2. The Kier molecular flexibility index (Phi) is 3.50. The summed E-state index contributed by atoms with van der Waals surface area (Å²) in [5.41, 5.74) is 6.43. The fraction of sp³-hybridized carbons (Fsp3) is 0.231. The van der Waals surface area contributed by atoms with Gasteiger partial charge in [0.05, 0.1) is 0 Å². The number of benzene rings is 1. The average molecular weight is 309 g/mol. The maximum atomic E-state index is 12.2. The molecule has 1 saturated carbocycles. The molecule has 104 valence electrons. The predicted molar refractivity (Wildman–Crippen MR) is 82.6 cm³/mol. The molecule has 3 rings (SSSR count). The minimum atomic E-state index is -0.272. The Bertz CT molecular complexity index is 654. The second kappa shape index (κ2) is 5.30. The topological polar surface area (TPSA) is 80.0 Å². The van der Waals surface area contributed by atoms with Crippen molar-refractivity contribution in [3.8, 4) is 0 Å². The monoisotopic (exact) mass is 308 g/mol. The molecule has 1 aromatic carbocycles. The highest BCUT2D eigenvalue weighted by molar-refractivity contribution is 7.18. The Hall–Kier alpha value is -1.79. The van der Waals surface area contributed by atoms with E-state index in [1.54, 1.807) is 24.3 Å². The summed E-state index contributed by atoms with van der Waals surface area (Å²) >= 11 is 7.15. The van der Waals surface area contributed by atoms with Gasteiger partial charge in [-0.3, -0.25) is 4.79 Å². The van der Waals surface area contributed by atoms with Crippen molar-refractivity contribution in [2.45, 2.75) is 18.9 Å². The summed E-state index contributed by atoms with van der Waals surface area (Å²) in [5.74, 6) is -0.0243. The molecule has 5 nitrogen and oxygen atoms in total. The van der Waals surface area contributed by atoms with Crippen molar-refractivity contribution < 1.29 is 4.79 Å².